The predicted octanol–water partition coefficient (Wildman–Crippen LogP) is 3.25. The van der Waals surface area contributed by atoms with E-state index < -0.39 is 0 Å². The molecular weight excluding hydrogens is 246 g/mol. The second-order valence-corrected chi connectivity index (χ2v) is 5.47. The standard InChI is InChI=1S/C18H21NO/c1-14-2-4-15(5-3-14)12-16-6-8-17(9-7-16)18-13-19-10-11-20-18/h2-9,18-19H,10-13H2,1H3/t18-/m0/s1. The van der Waals surface area contributed by atoms with E-state index >= 15 is 0 Å². The smallest absolute Gasteiger partial charge is 0.0949 e. The first kappa shape index (κ1) is 13.3. The Balaban J connectivity index is 1.67. The van der Waals surface area contributed by atoms with Crippen molar-refractivity contribution in [2.75, 3.05) is 19.7 Å². The number of benzene rings is 2. The van der Waals surface area contributed by atoms with Gasteiger partial charge in [-0.05, 0) is 30.0 Å². The maximum atomic E-state index is 5.77. The molecule has 1 saturated heterocycles. The van der Waals surface area contributed by atoms with Gasteiger partial charge in [-0.2, -0.15) is 0 Å². The van der Waals surface area contributed by atoms with Crippen LogP contribution in [0.1, 0.15) is 28.4 Å². The monoisotopic (exact) mass is 267 g/mol. The Morgan fingerprint density at radius 1 is 1.00 bits per heavy atom. The van der Waals surface area contributed by atoms with E-state index in [0.717, 1.165) is 26.1 Å². The van der Waals surface area contributed by atoms with Gasteiger partial charge in [0.2, 0.25) is 0 Å². The molecule has 0 spiro atoms. The van der Waals surface area contributed by atoms with E-state index in [-0.39, 0.29) is 6.10 Å². The van der Waals surface area contributed by atoms with Gasteiger partial charge in [-0.15, -0.1) is 0 Å². The topological polar surface area (TPSA) is 21.3 Å². The van der Waals surface area contributed by atoms with Crippen molar-refractivity contribution in [2.24, 2.45) is 0 Å². The average Bonchev–Trinajstić information content (AvgIpc) is 2.51. The van der Waals surface area contributed by atoms with Gasteiger partial charge in [-0.3, -0.25) is 0 Å². The number of hydrogen-bond acceptors (Lipinski definition) is 2. The van der Waals surface area contributed by atoms with Crippen LogP contribution in [0.4, 0.5) is 0 Å². The second-order valence-electron chi connectivity index (χ2n) is 5.47. The summed E-state index contributed by atoms with van der Waals surface area (Å²) < 4.78 is 5.77. The summed E-state index contributed by atoms with van der Waals surface area (Å²) in [5.74, 6) is 0. The highest BCUT2D eigenvalue weighted by atomic mass is 16.5. The van der Waals surface area contributed by atoms with E-state index in [2.05, 4.69) is 60.8 Å². The quantitative estimate of drug-likeness (QED) is 0.921. The summed E-state index contributed by atoms with van der Waals surface area (Å²) in [5, 5.41) is 3.37. The van der Waals surface area contributed by atoms with E-state index in [1.165, 1.54) is 22.3 Å². The molecule has 0 saturated carbocycles. The SMILES string of the molecule is Cc1ccc(Cc2ccc([C@@H]3CNCCO3)cc2)cc1. The van der Waals surface area contributed by atoms with Gasteiger partial charge >= 0.3 is 0 Å². The van der Waals surface area contributed by atoms with Crippen molar-refractivity contribution in [1.82, 2.24) is 5.32 Å². The molecule has 0 aromatic heterocycles. The Bertz CT molecular complexity index is 539. The molecule has 1 aliphatic heterocycles. The molecule has 2 nitrogen and oxygen atoms in total. The van der Waals surface area contributed by atoms with Crippen molar-refractivity contribution in [3.8, 4) is 0 Å². The summed E-state index contributed by atoms with van der Waals surface area (Å²) in [6, 6.07) is 17.6. The summed E-state index contributed by atoms with van der Waals surface area (Å²) in [5.41, 5.74) is 5.29. The molecule has 0 radical (unpaired) electrons. The minimum atomic E-state index is 0.206. The number of nitrogens with one attached hydrogen (secondary N) is 1. The zero-order chi connectivity index (χ0) is 13.8. The zero-order valence-electron chi connectivity index (χ0n) is 11.9. The first-order valence-electron chi connectivity index (χ1n) is 7.28. The number of hydrogen-bond donors (Lipinski definition) is 1. The van der Waals surface area contributed by atoms with Crippen LogP contribution in [0.3, 0.4) is 0 Å². The lowest BCUT2D eigenvalue weighted by Gasteiger charge is -2.24. The second kappa shape index (κ2) is 6.21. The molecular formula is C18H21NO. The van der Waals surface area contributed by atoms with Gasteiger partial charge in [0, 0.05) is 13.1 Å². The summed E-state index contributed by atoms with van der Waals surface area (Å²) in [7, 11) is 0. The van der Waals surface area contributed by atoms with Crippen LogP contribution >= 0.6 is 0 Å². The van der Waals surface area contributed by atoms with Gasteiger partial charge in [0.15, 0.2) is 0 Å². The number of rotatable bonds is 3. The molecule has 1 fully saturated rings. The van der Waals surface area contributed by atoms with Crippen molar-refractivity contribution < 1.29 is 4.74 Å². The fourth-order valence-corrected chi connectivity index (χ4v) is 2.57. The van der Waals surface area contributed by atoms with Crippen LogP contribution in [0.5, 0.6) is 0 Å². The van der Waals surface area contributed by atoms with Crippen molar-refractivity contribution in [1.29, 1.82) is 0 Å². The molecule has 1 N–H and O–H groups in total. The third kappa shape index (κ3) is 3.27. The van der Waals surface area contributed by atoms with Gasteiger partial charge in [0.1, 0.15) is 0 Å². The normalized spacial score (nSPS) is 18.9. The predicted molar refractivity (Wildman–Crippen MR) is 82.0 cm³/mol. The summed E-state index contributed by atoms with van der Waals surface area (Å²) >= 11 is 0. The molecule has 2 aromatic rings. The highest BCUT2D eigenvalue weighted by Gasteiger charge is 2.15. The molecule has 2 aromatic carbocycles. The maximum absolute atomic E-state index is 5.77. The van der Waals surface area contributed by atoms with Crippen LogP contribution in [0.2, 0.25) is 0 Å². The minimum absolute atomic E-state index is 0.206. The molecule has 3 rings (SSSR count). The Morgan fingerprint density at radius 2 is 1.65 bits per heavy atom. The van der Waals surface area contributed by atoms with E-state index in [4.69, 9.17) is 4.74 Å². The lowest BCUT2D eigenvalue weighted by molar-refractivity contribution is 0.0277. The first-order valence-corrected chi connectivity index (χ1v) is 7.28. The number of aryl methyl sites for hydroxylation is 1. The van der Waals surface area contributed by atoms with Gasteiger partial charge in [0.05, 0.1) is 12.7 Å². The Kier molecular flexibility index (Phi) is 4.14. The zero-order valence-corrected chi connectivity index (χ0v) is 11.9. The van der Waals surface area contributed by atoms with Gasteiger partial charge in [-0.1, -0.05) is 54.1 Å². The first-order chi connectivity index (χ1) is 9.81. The average molecular weight is 267 g/mol. The minimum Gasteiger partial charge on any atom is -0.371 e. The third-order valence-corrected chi connectivity index (χ3v) is 3.81. The molecule has 1 heterocycles. The lowest BCUT2D eigenvalue weighted by Crippen LogP contribution is -2.33. The van der Waals surface area contributed by atoms with Crippen LogP contribution in [-0.2, 0) is 11.2 Å². The van der Waals surface area contributed by atoms with Gasteiger partial charge in [0.25, 0.3) is 0 Å². The molecule has 20 heavy (non-hydrogen) atoms. The van der Waals surface area contributed by atoms with Crippen molar-refractivity contribution in [3.63, 3.8) is 0 Å². The third-order valence-electron chi connectivity index (χ3n) is 3.81. The molecule has 0 bridgehead atoms. The molecule has 0 unspecified atom stereocenters. The Labute approximate surface area is 120 Å². The summed E-state index contributed by atoms with van der Waals surface area (Å²) in [4.78, 5) is 0. The molecule has 0 amide bonds. The van der Waals surface area contributed by atoms with Crippen LogP contribution in [0, 0.1) is 6.92 Å². The van der Waals surface area contributed by atoms with Crippen LogP contribution < -0.4 is 5.32 Å². The molecule has 1 atom stereocenters. The molecule has 0 aliphatic carbocycles. The largest absolute Gasteiger partial charge is 0.371 e. The Hall–Kier alpha value is -1.64. The molecule has 104 valence electrons. The van der Waals surface area contributed by atoms with Crippen molar-refractivity contribution >= 4 is 0 Å². The van der Waals surface area contributed by atoms with Crippen LogP contribution in [0.25, 0.3) is 0 Å². The lowest BCUT2D eigenvalue weighted by atomic mass is 10.0. The summed E-state index contributed by atoms with van der Waals surface area (Å²) in [6.45, 7) is 4.80. The van der Waals surface area contributed by atoms with Crippen LogP contribution in [-0.4, -0.2) is 19.7 Å². The van der Waals surface area contributed by atoms with E-state index in [9.17, 15) is 0 Å². The molecule has 1 aliphatic rings. The number of ether oxygens (including phenoxy) is 1. The highest BCUT2D eigenvalue weighted by Crippen LogP contribution is 2.20. The van der Waals surface area contributed by atoms with Gasteiger partial charge < -0.3 is 10.1 Å². The number of morpholine rings is 1. The maximum Gasteiger partial charge on any atom is 0.0949 e. The highest BCUT2D eigenvalue weighted by molar-refractivity contribution is 5.31. The van der Waals surface area contributed by atoms with Gasteiger partial charge in [-0.25, -0.2) is 0 Å². The van der Waals surface area contributed by atoms with E-state index in [1.54, 1.807) is 0 Å². The summed E-state index contributed by atoms with van der Waals surface area (Å²) in [6.07, 6.45) is 1.20. The van der Waals surface area contributed by atoms with Crippen molar-refractivity contribution in [3.05, 3.63) is 70.8 Å². The molecule has 2 heteroatoms. The van der Waals surface area contributed by atoms with Crippen LogP contribution in [0.15, 0.2) is 48.5 Å². The van der Waals surface area contributed by atoms with E-state index in [0.29, 0.717) is 0 Å². The fourth-order valence-electron chi connectivity index (χ4n) is 2.57. The fraction of sp³-hybridized carbons (Fsp3) is 0.333. The van der Waals surface area contributed by atoms with Crippen molar-refractivity contribution in [2.45, 2.75) is 19.4 Å². The van der Waals surface area contributed by atoms with E-state index in [1.807, 2.05) is 0 Å². The Morgan fingerprint density at radius 3 is 2.25 bits per heavy atom.